The normalized spacial score (nSPS) is 56.6. The van der Waals surface area contributed by atoms with Gasteiger partial charge in [-0.25, -0.2) is 0 Å². The second-order valence-corrected chi connectivity index (χ2v) is 3.75. The molecule has 3 aliphatic rings. The maximum absolute atomic E-state index is 11.0. The lowest BCUT2D eigenvalue weighted by molar-refractivity contribution is -0.117. The monoisotopic (exact) mass is 138 g/mol. The zero-order chi connectivity index (χ0) is 6.72. The predicted octanol–water partition coefficient (Wildman–Crippen LogP) is 0.753. The summed E-state index contributed by atoms with van der Waals surface area (Å²) in [7, 11) is 0. The summed E-state index contributed by atoms with van der Waals surface area (Å²) in [6, 6.07) is 0. The first-order chi connectivity index (χ1) is 4.84. The van der Waals surface area contributed by atoms with E-state index in [1.165, 1.54) is 6.42 Å². The standard InChI is InChI=1S/C8H10O2/c9-5-1-4-2-7-8(10-7)6(4)3-5/h4,6-8H,1-3H2/t4-,6+,7-,8+/m0/s1. The first-order valence-corrected chi connectivity index (χ1v) is 4.02. The molecule has 1 heterocycles. The molecule has 0 spiro atoms. The highest BCUT2D eigenvalue weighted by molar-refractivity contribution is 5.81. The van der Waals surface area contributed by atoms with Gasteiger partial charge in [-0.05, 0) is 18.3 Å². The minimum absolute atomic E-state index is 0.462. The highest BCUT2D eigenvalue weighted by Crippen LogP contribution is 2.52. The van der Waals surface area contributed by atoms with Crippen LogP contribution in [0.2, 0.25) is 0 Å². The van der Waals surface area contributed by atoms with Crippen LogP contribution in [0, 0.1) is 11.8 Å². The molecule has 0 aromatic rings. The van der Waals surface area contributed by atoms with Gasteiger partial charge in [-0.3, -0.25) is 4.79 Å². The van der Waals surface area contributed by atoms with Crippen molar-refractivity contribution in [2.45, 2.75) is 31.5 Å². The largest absolute Gasteiger partial charge is 0.369 e. The van der Waals surface area contributed by atoms with Crippen LogP contribution in [0.3, 0.4) is 0 Å². The zero-order valence-electron chi connectivity index (χ0n) is 5.75. The molecular weight excluding hydrogens is 128 g/mol. The summed E-state index contributed by atoms with van der Waals surface area (Å²) >= 11 is 0. The van der Waals surface area contributed by atoms with Gasteiger partial charge in [0.2, 0.25) is 0 Å². The van der Waals surface area contributed by atoms with E-state index in [0.717, 1.165) is 12.8 Å². The van der Waals surface area contributed by atoms with E-state index in [-0.39, 0.29) is 0 Å². The molecule has 54 valence electrons. The van der Waals surface area contributed by atoms with Crippen molar-refractivity contribution < 1.29 is 9.53 Å². The van der Waals surface area contributed by atoms with Gasteiger partial charge < -0.3 is 4.74 Å². The number of hydrogen-bond donors (Lipinski definition) is 0. The van der Waals surface area contributed by atoms with Crippen LogP contribution in [0.15, 0.2) is 0 Å². The number of epoxide rings is 1. The SMILES string of the molecule is O=C1C[C@H]2C[C@@H]3O[C@@H]3[C@@H]2C1. The van der Waals surface area contributed by atoms with Crippen LogP contribution in [0.4, 0.5) is 0 Å². The summed E-state index contributed by atoms with van der Waals surface area (Å²) in [5, 5.41) is 0. The summed E-state index contributed by atoms with van der Waals surface area (Å²) in [5.74, 6) is 1.79. The Bertz CT molecular complexity index is 199. The van der Waals surface area contributed by atoms with E-state index in [4.69, 9.17) is 4.74 Å². The number of rotatable bonds is 0. The maximum Gasteiger partial charge on any atom is 0.133 e. The van der Waals surface area contributed by atoms with Crippen LogP contribution in [-0.4, -0.2) is 18.0 Å². The number of carbonyl (C=O) groups is 1. The fourth-order valence-corrected chi connectivity index (χ4v) is 2.62. The van der Waals surface area contributed by atoms with Crippen LogP contribution in [0.5, 0.6) is 0 Å². The molecule has 0 bridgehead atoms. The van der Waals surface area contributed by atoms with Gasteiger partial charge in [-0.1, -0.05) is 0 Å². The molecule has 3 fully saturated rings. The molecule has 2 nitrogen and oxygen atoms in total. The molecule has 2 aliphatic carbocycles. The quantitative estimate of drug-likeness (QED) is 0.462. The third-order valence-electron chi connectivity index (χ3n) is 3.14. The topological polar surface area (TPSA) is 29.6 Å². The maximum atomic E-state index is 11.0. The average molecular weight is 138 g/mol. The Morgan fingerprint density at radius 2 is 2.30 bits per heavy atom. The van der Waals surface area contributed by atoms with Crippen LogP contribution >= 0.6 is 0 Å². The molecule has 0 unspecified atom stereocenters. The predicted molar refractivity (Wildman–Crippen MR) is 34.5 cm³/mol. The third kappa shape index (κ3) is 0.511. The van der Waals surface area contributed by atoms with Gasteiger partial charge in [-0.15, -0.1) is 0 Å². The van der Waals surface area contributed by atoms with Crippen molar-refractivity contribution in [2.75, 3.05) is 0 Å². The zero-order valence-corrected chi connectivity index (χ0v) is 5.75. The molecule has 0 aromatic carbocycles. The lowest BCUT2D eigenvalue weighted by Crippen LogP contribution is -2.06. The van der Waals surface area contributed by atoms with E-state index in [1.54, 1.807) is 0 Å². The molecule has 1 aliphatic heterocycles. The molecule has 3 rings (SSSR count). The molecule has 4 atom stereocenters. The summed E-state index contributed by atoms with van der Waals surface area (Å²) in [6.07, 6.45) is 3.88. The van der Waals surface area contributed by atoms with Crippen molar-refractivity contribution >= 4 is 5.78 Å². The molecule has 0 aromatic heterocycles. The highest BCUT2D eigenvalue weighted by atomic mass is 16.6. The number of hydrogen-bond acceptors (Lipinski definition) is 2. The molecule has 10 heavy (non-hydrogen) atoms. The van der Waals surface area contributed by atoms with Gasteiger partial charge in [0.1, 0.15) is 5.78 Å². The van der Waals surface area contributed by atoms with E-state index in [2.05, 4.69) is 0 Å². The Hall–Kier alpha value is -0.370. The summed E-state index contributed by atoms with van der Waals surface area (Å²) in [4.78, 5) is 11.0. The van der Waals surface area contributed by atoms with Gasteiger partial charge in [0, 0.05) is 12.8 Å². The van der Waals surface area contributed by atoms with Crippen LogP contribution in [-0.2, 0) is 9.53 Å². The molecule has 0 N–H and O–H groups in total. The van der Waals surface area contributed by atoms with Gasteiger partial charge in [-0.2, -0.15) is 0 Å². The molecule has 0 radical (unpaired) electrons. The third-order valence-corrected chi connectivity index (χ3v) is 3.14. The van der Waals surface area contributed by atoms with Crippen molar-refractivity contribution in [3.8, 4) is 0 Å². The van der Waals surface area contributed by atoms with Gasteiger partial charge in [0.15, 0.2) is 0 Å². The Morgan fingerprint density at radius 1 is 1.40 bits per heavy atom. The first-order valence-electron chi connectivity index (χ1n) is 4.02. The van der Waals surface area contributed by atoms with E-state index >= 15 is 0 Å². The van der Waals surface area contributed by atoms with Gasteiger partial charge in [0.05, 0.1) is 12.2 Å². The number of Topliss-reactive ketones (excluding diaryl/α,β-unsaturated/α-hetero) is 1. The summed E-state index contributed by atoms with van der Waals surface area (Å²) in [6.45, 7) is 0. The van der Waals surface area contributed by atoms with Gasteiger partial charge in [0.25, 0.3) is 0 Å². The van der Waals surface area contributed by atoms with Crippen molar-refractivity contribution in [2.24, 2.45) is 11.8 Å². The lowest BCUT2D eigenvalue weighted by atomic mass is 10.00. The Kier molecular flexibility index (Phi) is 0.768. The molecular formula is C8H10O2. The molecule has 0 amide bonds. The summed E-state index contributed by atoms with van der Waals surface area (Å²) in [5.41, 5.74) is 0. The minimum Gasteiger partial charge on any atom is -0.369 e. The van der Waals surface area contributed by atoms with Crippen molar-refractivity contribution in [1.29, 1.82) is 0 Å². The smallest absolute Gasteiger partial charge is 0.133 e. The fourth-order valence-electron chi connectivity index (χ4n) is 2.62. The molecule has 2 saturated carbocycles. The molecule has 2 heteroatoms. The Balaban J connectivity index is 1.88. The van der Waals surface area contributed by atoms with Crippen molar-refractivity contribution in [3.05, 3.63) is 0 Å². The van der Waals surface area contributed by atoms with Crippen LogP contribution in [0.25, 0.3) is 0 Å². The van der Waals surface area contributed by atoms with E-state index in [0.29, 0.717) is 29.8 Å². The second-order valence-electron chi connectivity index (χ2n) is 3.75. The van der Waals surface area contributed by atoms with Crippen LogP contribution in [0.1, 0.15) is 19.3 Å². The van der Waals surface area contributed by atoms with E-state index < -0.39 is 0 Å². The van der Waals surface area contributed by atoms with Crippen LogP contribution < -0.4 is 0 Å². The number of ether oxygens (including phenoxy) is 1. The average Bonchev–Trinajstić information content (AvgIpc) is 2.40. The first kappa shape index (κ1) is 5.30. The number of fused-ring (bicyclic) bond motifs is 3. The Labute approximate surface area is 59.6 Å². The molecule has 1 saturated heterocycles. The van der Waals surface area contributed by atoms with E-state index in [1.807, 2.05) is 0 Å². The van der Waals surface area contributed by atoms with Gasteiger partial charge >= 0.3 is 0 Å². The van der Waals surface area contributed by atoms with Crippen molar-refractivity contribution in [3.63, 3.8) is 0 Å². The minimum atomic E-state index is 0.462. The fraction of sp³-hybridized carbons (Fsp3) is 0.875. The summed E-state index contributed by atoms with van der Waals surface area (Å²) < 4.78 is 5.36. The van der Waals surface area contributed by atoms with E-state index in [9.17, 15) is 4.79 Å². The van der Waals surface area contributed by atoms with Crippen molar-refractivity contribution in [1.82, 2.24) is 0 Å². The second kappa shape index (κ2) is 1.45. The number of carbonyl (C=O) groups excluding carboxylic acids is 1. The number of ketones is 1. The Morgan fingerprint density at radius 3 is 3.10 bits per heavy atom. The lowest BCUT2D eigenvalue weighted by Gasteiger charge is -2.08. The highest BCUT2D eigenvalue weighted by Gasteiger charge is 2.58.